The molecule has 0 bridgehead atoms. The zero-order valence-electron chi connectivity index (χ0n) is 15.6. The molecule has 1 fully saturated rings. The fourth-order valence-electron chi connectivity index (χ4n) is 3.95. The Morgan fingerprint density at radius 1 is 1.15 bits per heavy atom. The molecule has 0 saturated carbocycles. The summed E-state index contributed by atoms with van der Waals surface area (Å²) in [6.07, 6.45) is 4.18. The summed E-state index contributed by atoms with van der Waals surface area (Å²) in [6, 6.07) is 11.3. The number of aryl methyl sites for hydroxylation is 1. The number of H-pyrrole nitrogens is 1. The maximum absolute atomic E-state index is 6.28. The first-order chi connectivity index (χ1) is 12.5. The SMILES string of the molecule is Cc1cc(-c2cc3c(Cl)ccnc3[nH]2)ccc1N1CCC(N(C)C)CC1. The van der Waals surface area contributed by atoms with E-state index in [-0.39, 0.29) is 0 Å². The largest absolute Gasteiger partial charge is 0.371 e. The Hall–Kier alpha value is -2.04. The summed E-state index contributed by atoms with van der Waals surface area (Å²) in [6.45, 7) is 4.44. The Balaban J connectivity index is 1.59. The summed E-state index contributed by atoms with van der Waals surface area (Å²) in [4.78, 5) is 12.6. The second-order valence-electron chi connectivity index (χ2n) is 7.42. The number of aromatic nitrogens is 2. The Morgan fingerprint density at radius 2 is 1.92 bits per heavy atom. The number of pyridine rings is 1. The molecule has 1 aliphatic heterocycles. The molecule has 0 amide bonds. The van der Waals surface area contributed by atoms with Gasteiger partial charge in [-0.3, -0.25) is 0 Å². The van der Waals surface area contributed by atoms with Crippen LogP contribution in [0, 0.1) is 6.92 Å². The highest BCUT2D eigenvalue weighted by atomic mass is 35.5. The van der Waals surface area contributed by atoms with E-state index in [4.69, 9.17) is 11.6 Å². The molecule has 4 rings (SSSR count). The monoisotopic (exact) mass is 368 g/mol. The van der Waals surface area contributed by atoms with Crippen LogP contribution in [0.4, 0.5) is 5.69 Å². The number of fused-ring (bicyclic) bond motifs is 1. The van der Waals surface area contributed by atoms with E-state index in [1.54, 1.807) is 6.20 Å². The van der Waals surface area contributed by atoms with Crippen molar-refractivity contribution in [3.8, 4) is 11.3 Å². The summed E-state index contributed by atoms with van der Waals surface area (Å²) >= 11 is 6.28. The van der Waals surface area contributed by atoms with Crippen LogP contribution in [-0.2, 0) is 0 Å². The van der Waals surface area contributed by atoms with Gasteiger partial charge in [-0.15, -0.1) is 0 Å². The Bertz CT molecular complexity index is 923. The summed E-state index contributed by atoms with van der Waals surface area (Å²) in [5.41, 5.74) is 5.71. The van der Waals surface area contributed by atoms with E-state index in [0.29, 0.717) is 6.04 Å². The summed E-state index contributed by atoms with van der Waals surface area (Å²) in [7, 11) is 4.36. The highest BCUT2D eigenvalue weighted by molar-refractivity contribution is 6.35. The molecular formula is C21H25ClN4. The zero-order valence-corrected chi connectivity index (χ0v) is 16.3. The Kier molecular flexibility index (Phi) is 4.63. The number of nitrogens with one attached hydrogen (secondary N) is 1. The lowest BCUT2D eigenvalue weighted by Crippen LogP contribution is -2.42. The minimum Gasteiger partial charge on any atom is -0.371 e. The summed E-state index contributed by atoms with van der Waals surface area (Å²) in [5.74, 6) is 0. The van der Waals surface area contributed by atoms with Gasteiger partial charge in [0, 0.05) is 42.1 Å². The normalized spacial score (nSPS) is 16.0. The lowest BCUT2D eigenvalue weighted by atomic mass is 10.0. The van der Waals surface area contributed by atoms with Crippen molar-refractivity contribution in [3.05, 3.63) is 47.1 Å². The molecule has 0 aliphatic carbocycles. The van der Waals surface area contributed by atoms with Crippen molar-refractivity contribution in [2.75, 3.05) is 32.1 Å². The number of hydrogen-bond donors (Lipinski definition) is 1. The average molecular weight is 369 g/mol. The van der Waals surface area contributed by atoms with Crippen molar-refractivity contribution in [2.24, 2.45) is 0 Å². The van der Waals surface area contributed by atoms with Gasteiger partial charge in [0.1, 0.15) is 5.65 Å². The minimum absolute atomic E-state index is 0.703. The fourth-order valence-corrected chi connectivity index (χ4v) is 4.15. The van der Waals surface area contributed by atoms with Crippen LogP contribution >= 0.6 is 11.6 Å². The van der Waals surface area contributed by atoms with E-state index in [1.807, 2.05) is 6.07 Å². The van der Waals surface area contributed by atoms with Crippen molar-refractivity contribution in [1.29, 1.82) is 0 Å². The standard InChI is InChI=1S/C21H25ClN4/c1-14-12-15(19-13-17-18(22)6-9-23-21(17)24-19)4-5-20(14)26-10-7-16(8-11-26)25(2)3/h4-6,9,12-13,16H,7-8,10-11H2,1-3H3,(H,23,24). The molecule has 0 unspecified atom stereocenters. The number of nitrogens with zero attached hydrogens (tertiary/aromatic N) is 3. The van der Waals surface area contributed by atoms with Crippen molar-refractivity contribution in [3.63, 3.8) is 0 Å². The maximum Gasteiger partial charge on any atom is 0.139 e. The van der Waals surface area contributed by atoms with Crippen LogP contribution in [0.2, 0.25) is 5.02 Å². The summed E-state index contributed by atoms with van der Waals surface area (Å²) in [5, 5.41) is 1.70. The van der Waals surface area contributed by atoms with Crippen molar-refractivity contribution >= 4 is 28.3 Å². The molecule has 1 saturated heterocycles. The maximum atomic E-state index is 6.28. The highest BCUT2D eigenvalue weighted by Gasteiger charge is 2.21. The van der Waals surface area contributed by atoms with Crippen LogP contribution in [0.1, 0.15) is 18.4 Å². The molecule has 3 heterocycles. The van der Waals surface area contributed by atoms with E-state index in [0.717, 1.165) is 34.8 Å². The molecule has 2 aromatic heterocycles. The van der Waals surface area contributed by atoms with Gasteiger partial charge in [-0.1, -0.05) is 17.7 Å². The van der Waals surface area contributed by atoms with Gasteiger partial charge in [0.25, 0.3) is 0 Å². The molecular weight excluding hydrogens is 344 g/mol. The molecule has 0 radical (unpaired) electrons. The number of piperidine rings is 1. The second kappa shape index (κ2) is 6.93. The minimum atomic E-state index is 0.703. The third kappa shape index (κ3) is 3.19. The van der Waals surface area contributed by atoms with Gasteiger partial charge in [0.15, 0.2) is 0 Å². The van der Waals surface area contributed by atoms with Gasteiger partial charge < -0.3 is 14.8 Å². The Labute approximate surface area is 159 Å². The number of benzene rings is 1. The van der Waals surface area contributed by atoms with Gasteiger partial charge in [-0.2, -0.15) is 0 Å². The van der Waals surface area contributed by atoms with Crippen LogP contribution < -0.4 is 4.90 Å². The van der Waals surface area contributed by atoms with Gasteiger partial charge in [0.2, 0.25) is 0 Å². The first-order valence-electron chi connectivity index (χ1n) is 9.18. The molecule has 136 valence electrons. The first kappa shape index (κ1) is 17.4. The van der Waals surface area contributed by atoms with Crippen LogP contribution in [0.25, 0.3) is 22.3 Å². The van der Waals surface area contributed by atoms with E-state index < -0.39 is 0 Å². The lowest BCUT2D eigenvalue weighted by Gasteiger charge is -2.37. The van der Waals surface area contributed by atoms with E-state index in [9.17, 15) is 0 Å². The predicted octanol–water partition coefficient (Wildman–Crippen LogP) is 4.72. The van der Waals surface area contributed by atoms with Crippen LogP contribution in [0.15, 0.2) is 36.5 Å². The van der Waals surface area contributed by atoms with Crippen molar-refractivity contribution in [1.82, 2.24) is 14.9 Å². The van der Waals surface area contributed by atoms with Crippen LogP contribution in [-0.4, -0.2) is 48.1 Å². The molecule has 5 heteroatoms. The lowest BCUT2D eigenvalue weighted by molar-refractivity contribution is 0.249. The molecule has 0 atom stereocenters. The van der Waals surface area contributed by atoms with Gasteiger partial charge >= 0.3 is 0 Å². The first-order valence-corrected chi connectivity index (χ1v) is 9.56. The third-order valence-corrected chi connectivity index (χ3v) is 5.85. The zero-order chi connectivity index (χ0) is 18.3. The van der Waals surface area contributed by atoms with E-state index >= 15 is 0 Å². The number of aromatic amines is 1. The third-order valence-electron chi connectivity index (χ3n) is 5.52. The smallest absolute Gasteiger partial charge is 0.139 e. The molecule has 4 nitrogen and oxygen atoms in total. The number of hydrogen-bond acceptors (Lipinski definition) is 3. The molecule has 0 spiro atoms. The molecule has 26 heavy (non-hydrogen) atoms. The average Bonchev–Trinajstić information content (AvgIpc) is 3.07. The van der Waals surface area contributed by atoms with E-state index in [2.05, 4.69) is 65.1 Å². The molecule has 1 N–H and O–H groups in total. The fraction of sp³-hybridized carbons (Fsp3) is 0.381. The van der Waals surface area contributed by atoms with Gasteiger partial charge in [-0.05, 0) is 69.3 Å². The number of halogens is 1. The van der Waals surface area contributed by atoms with Gasteiger partial charge in [-0.25, -0.2) is 4.98 Å². The van der Waals surface area contributed by atoms with E-state index in [1.165, 1.54) is 29.7 Å². The molecule has 1 aliphatic rings. The predicted molar refractivity (Wildman–Crippen MR) is 110 cm³/mol. The topological polar surface area (TPSA) is 35.2 Å². The number of rotatable bonds is 3. The Morgan fingerprint density at radius 3 is 2.58 bits per heavy atom. The van der Waals surface area contributed by atoms with Gasteiger partial charge in [0.05, 0.1) is 5.02 Å². The molecule has 3 aromatic rings. The quantitative estimate of drug-likeness (QED) is 0.726. The highest BCUT2D eigenvalue weighted by Crippen LogP contribution is 2.32. The van der Waals surface area contributed by atoms with Crippen molar-refractivity contribution < 1.29 is 0 Å². The summed E-state index contributed by atoms with van der Waals surface area (Å²) < 4.78 is 0. The number of anilines is 1. The van der Waals surface area contributed by atoms with Crippen LogP contribution in [0.5, 0.6) is 0 Å². The molecule has 1 aromatic carbocycles. The van der Waals surface area contributed by atoms with Crippen molar-refractivity contribution in [2.45, 2.75) is 25.8 Å². The second-order valence-corrected chi connectivity index (χ2v) is 7.83. The van der Waals surface area contributed by atoms with Crippen LogP contribution in [0.3, 0.4) is 0 Å².